The Bertz CT molecular complexity index is 537. The normalized spacial score (nSPS) is 17.8. The van der Waals surface area contributed by atoms with E-state index in [-0.39, 0.29) is 6.61 Å². The van der Waals surface area contributed by atoms with Crippen LogP contribution in [0.25, 0.3) is 0 Å². The van der Waals surface area contributed by atoms with E-state index < -0.39 is 10.0 Å². The summed E-state index contributed by atoms with van der Waals surface area (Å²) >= 11 is 0. The van der Waals surface area contributed by atoms with Gasteiger partial charge in [-0.25, -0.2) is 8.42 Å². The number of rotatable bonds is 6. The van der Waals surface area contributed by atoms with Gasteiger partial charge in [0.15, 0.2) is 0 Å². The standard InChI is InChI=1S/C14H22N2O4S/c1-15-7-9-16(10-8-15)21(18,19)14-5-3-13(4-6-14)20-12-2-11-17/h3-6,17H,2,7-12H2,1H3. The van der Waals surface area contributed by atoms with Gasteiger partial charge in [0.1, 0.15) is 5.75 Å². The second kappa shape index (κ2) is 7.22. The fourth-order valence-corrected chi connectivity index (χ4v) is 3.56. The molecule has 0 spiro atoms. The quantitative estimate of drug-likeness (QED) is 0.769. The van der Waals surface area contributed by atoms with E-state index in [4.69, 9.17) is 9.84 Å². The molecule has 118 valence electrons. The number of hydrogen-bond donors (Lipinski definition) is 1. The molecular formula is C14H22N2O4S. The van der Waals surface area contributed by atoms with Gasteiger partial charge in [-0.15, -0.1) is 0 Å². The maximum absolute atomic E-state index is 12.5. The van der Waals surface area contributed by atoms with Crippen LogP contribution in [0.2, 0.25) is 0 Å². The molecule has 0 unspecified atom stereocenters. The minimum Gasteiger partial charge on any atom is -0.494 e. The summed E-state index contributed by atoms with van der Waals surface area (Å²) in [5.74, 6) is 0.612. The van der Waals surface area contributed by atoms with Crippen LogP contribution in [-0.2, 0) is 10.0 Å². The van der Waals surface area contributed by atoms with Gasteiger partial charge in [0, 0.05) is 39.2 Å². The Morgan fingerprint density at radius 3 is 2.33 bits per heavy atom. The smallest absolute Gasteiger partial charge is 0.243 e. The largest absolute Gasteiger partial charge is 0.494 e. The van der Waals surface area contributed by atoms with Crippen LogP contribution in [0.1, 0.15) is 6.42 Å². The molecule has 0 atom stereocenters. The van der Waals surface area contributed by atoms with E-state index in [1.54, 1.807) is 24.3 Å². The van der Waals surface area contributed by atoms with Gasteiger partial charge in [0.25, 0.3) is 0 Å². The van der Waals surface area contributed by atoms with Gasteiger partial charge >= 0.3 is 0 Å². The summed E-state index contributed by atoms with van der Waals surface area (Å²) in [5, 5.41) is 8.69. The lowest BCUT2D eigenvalue weighted by molar-refractivity contribution is 0.222. The van der Waals surface area contributed by atoms with E-state index in [2.05, 4.69) is 4.90 Å². The summed E-state index contributed by atoms with van der Waals surface area (Å²) in [6, 6.07) is 6.45. The van der Waals surface area contributed by atoms with Gasteiger partial charge in [-0.2, -0.15) is 4.31 Å². The Balaban J connectivity index is 2.03. The number of aliphatic hydroxyl groups excluding tert-OH is 1. The molecule has 0 radical (unpaired) electrons. The average molecular weight is 314 g/mol. The molecule has 1 aromatic rings. The highest BCUT2D eigenvalue weighted by Gasteiger charge is 2.27. The Kier molecular flexibility index (Phi) is 5.58. The molecular weight excluding hydrogens is 292 g/mol. The van der Waals surface area contributed by atoms with Crippen LogP contribution >= 0.6 is 0 Å². The summed E-state index contributed by atoms with van der Waals surface area (Å²) in [6.45, 7) is 3.04. The maximum atomic E-state index is 12.5. The Hall–Kier alpha value is -1.15. The first kappa shape index (κ1) is 16.2. The predicted molar refractivity (Wildman–Crippen MR) is 79.9 cm³/mol. The molecule has 1 aliphatic rings. The van der Waals surface area contributed by atoms with Crippen LogP contribution in [0.3, 0.4) is 0 Å². The first-order valence-electron chi connectivity index (χ1n) is 7.06. The van der Waals surface area contributed by atoms with Gasteiger partial charge in [-0.05, 0) is 31.3 Å². The minimum atomic E-state index is -3.42. The summed E-state index contributed by atoms with van der Waals surface area (Å²) in [6.07, 6.45) is 0.557. The maximum Gasteiger partial charge on any atom is 0.243 e. The van der Waals surface area contributed by atoms with Crippen LogP contribution in [-0.4, -0.2) is 69.2 Å². The molecule has 6 nitrogen and oxygen atoms in total. The van der Waals surface area contributed by atoms with Crippen LogP contribution in [0, 0.1) is 0 Å². The van der Waals surface area contributed by atoms with Crippen molar-refractivity contribution < 1.29 is 18.3 Å². The highest BCUT2D eigenvalue weighted by molar-refractivity contribution is 7.89. The van der Waals surface area contributed by atoms with Crippen molar-refractivity contribution in [2.24, 2.45) is 0 Å². The Morgan fingerprint density at radius 2 is 1.76 bits per heavy atom. The lowest BCUT2D eigenvalue weighted by Crippen LogP contribution is -2.46. The molecule has 0 aliphatic carbocycles. The van der Waals surface area contributed by atoms with Gasteiger partial charge < -0.3 is 14.7 Å². The summed E-state index contributed by atoms with van der Waals surface area (Å²) in [7, 11) is -1.43. The van der Waals surface area contributed by atoms with Gasteiger partial charge in [0.2, 0.25) is 10.0 Å². The fraction of sp³-hybridized carbons (Fsp3) is 0.571. The van der Waals surface area contributed by atoms with Crippen molar-refractivity contribution in [1.82, 2.24) is 9.21 Å². The van der Waals surface area contributed by atoms with Gasteiger partial charge in [0.05, 0.1) is 11.5 Å². The number of aliphatic hydroxyl groups is 1. The first-order chi connectivity index (χ1) is 10.0. The Morgan fingerprint density at radius 1 is 1.14 bits per heavy atom. The molecule has 0 aromatic heterocycles. The van der Waals surface area contributed by atoms with Crippen LogP contribution in [0.5, 0.6) is 5.75 Å². The van der Waals surface area contributed by atoms with Crippen LogP contribution in [0.4, 0.5) is 0 Å². The van der Waals surface area contributed by atoms with Crippen molar-refractivity contribution in [3.63, 3.8) is 0 Å². The summed E-state index contributed by atoms with van der Waals surface area (Å²) in [5.41, 5.74) is 0. The molecule has 0 saturated carbocycles. The first-order valence-corrected chi connectivity index (χ1v) is 8.50. The Labute approximate surface area is 126 Å². The fourth-order valence-electron chi connectivity index (χ4n) is 2.14. The molecule has 1 aliphatic heterocycles. The highest BCUT2D eigenvalue weighted by atomic mass is 32.2. The molecule has 1 fully saturated rings. The number of hydrogen-bond acceptors (Lipinski definition) is 5. The second-order valence-electron chi connectivity index (χ2n) is 5.10. The third kappa shape index (κ3) is 4.16. The number of piperazine rings is 1. The topological polar surface area (TPSA) is 70.1 Å². The van der Waals surface area contributed by atoms with Crippen molar-refractivity contribution in [2.75, 3.05) is 46.4 Å². The molecule has 0 bridgehead atoms. The predicted octanol–water partition coefficient (Wildman–Crippen LogP) is 0.384. The molecule has 2 rings (SSSR count). The van der Waals surface area contributed by atoms with Crippen LogP contribution < -0.4 is 4.74 Å². The van der Waals surface area contributed by atoms with Crippen molar-refractivity contribution in [1.29, 1.82) is 0 Å². The highest BCUT2D eigenvalue weighted by Crippen LogP contribution is 2.20. The molecule has 7 heteroatoms. The molecule has 1 aromatic carbocycles. The van der Waals surface area contributed by atoms with E-state index in [0.29, 0.717) is 36.8 Å². The molecule has 0 amide bonds. The zero-order chi connectivity index (χ0) is 15.3. The number of nitrogens with zero attached hydrogens (tertiary/aromatic N) is 2. The van der Waals surface area contributed by atoms with Crippen molar-refractivity contribution in [3.8, 4) is 5.75 Å². The number of benzene rings is 1. The van der Waals surface area contributed by atoms with Gasteiger partial charge in [-0.1, -0.05) is 0 Å². The monoisotopic (exact) mass is 314 g/mol. The number of likely N-dealkylation sites (N-methyl/N-ethyl adjacent to an activating group) is 1. The van der Waals surface area contributed by atoms with E-state index in [9.17, 15) is 8.42 Å². The number of sulfonamides is 1. The van der Waals surface area contributed by atoms with Crippen molar-refractivity contribution in [3.05, 3.63) is 24.3 Å². The SMILES string of the molecule is CN1CCN(S(=O)(=O)c2ccc(OCCCO)cc2)CC1. The van der Waals surface area contributed by atoms with E-state index in [1.807, 2.05) is 7.05 Å². The molecule has 1 heterocycles. The third-order valence-electron chi connectivity index (χ3n) is 3.49. The summed E-state index contributed by atoms with van der Waals surface area (Å²) in [4.78, 5) is 2.41. The van der Waals surface area contributed by atoms with Crippen molar-refractivity contribution in [2.45, 2.75) is 11.3 Å². The van der Waals surface area contributed by atoms with E-state index >= 15 is 0 Å². The molecule has 21 heavy (non-hydrogen) atoms. The second-order valence-corrected chi connectivity index (χ2v) is 7.04. The molecule has 1 saturated heterocycles. The number of ether oxygens (including phenoxy) is 1. The summed E-state index contributed by atoms with van der Waals surface area (Å²) < 4.78 is 31.9. The average Bonchev–Trinajstić information content (AvgIpc) is 2.48. The lowest BCUT2D eigenvalue weighted by atomic mass is 10.3. The lowest BCUT2D eigenvalue weighted by Gasteiger charge is -2.31. The minimum absolute atomic E-state index is 0.0792. The van der Waals surface area contributed by atoms with Gasteiger partial charge in [-0.3, -0.25) is 0 Å². The zero-order valence-electron chi connectivity index (χ0n) is 12.2. The van der Waals surface area contributed by atoms with E-state index in [0.717, 1.165) is 13.1 Å². The zero-order valence-corrected chi connectivity index (χ0v) is 13.1. The van der Waals surface area contributed by atoms with Crippen molar-refractivity contribution >= 4 is 10.0 Å². The molecule has 1 N–H and O–H groups in total. The third-order valence-corrected chi connectivity index (χ3v) is 5.41. The van der Waals surface area contributed by atoms with E-state index in [1.165, 1.54) is 4.31 Å². The van der Waals surface area contributed by atoms with Crippen LogP contribution in [0.15, 0.2) is 29.2 Å².